The molecular formula is C6H12N2S. The molecule has 0 amide bonds. The summed E-state index contributed by atoms with van der Waals surface area (Å²) in [7, 11) is -1.08. The summed E-state index contributed by atoms with van der Waals surface area (Å²) < 4.78 is 4.39. The van der Waals surface area contributed by atoms with Gasteiger partial charge in [-0.3, -0.25) is 0 Å². The minimum atomic E-state index is -1.08. The smallest absolute Gasteiger partial charge is 0.130 e. The second kappa shape index (κ2) is 2.06. The van der Waals surface area contributed by atoms with Crippen molar-refractivity contribution in [2.24, 2.45) is 9.36 Å². The molecule has 9 heavy (non-hydrogen) atoms. The second-order valence-electron chi connectivity index (χ2n) is 2.55. The maximum atomic E-state index is 4.39. The summed E-state index contributed by atoms with van der Waals surface area (Å²) in [5, 5.41) is 2.10. The molecule has 1 aliphatic rings. The van der Waals surface area contributed by atoms with E-state index in [0.29, 0.717) is 0 Å². The molecule has 1 heterocycles. The van der Waals surface area contributed by atoms with Gasteiger partial charge in [0.2, 0.25) is 0 Å². The van der Waals surface area contributed by atoms with Crippen molar-refractivity contribution in [2.45, 2.75) is 6.92 Å². The van der Waals surface area contributed by atoms with Crippen molar-refractivity contribution in [1.29, 1.82) is 0 Å². The van der Waals surface area contributed by atoms with Gasteiger partial charge in [0, 0.05) is 6.20 Å². The van der Waals surface area contributed by atoms with Gasteiger partial charge in [0.05, 0.1) is 0 Å². The Morgan fingerprint density at radius 3 is 2.44 bits per heavy atom. The summed E-state index contributed by atoms with van der Waals surface area (Å²) in [6.07, 6.45) is 6.19. The molecule has 0 unspecified atom stereocenters. The molecule has 0 atom stereocenters. The van der Waals surface area contributed by atoms with E-state index in [1.165, 1.54) is 0 Å². The summed E-state index contributed by atoms with van der Waals surface area (Å²) in [5.41, 5.74) is 0. The third-order valence-electron chi connectivity index (χ3n) is 1.10. The van der Waals surface area contributed by atoms with E-state index >= 15 is 0 Å². The fraction of sp³-hybridized carbons (Fsp3) is 0.500. The molecule has 0 aliphatic carbocycles. The van der Waals surface area contributed by atoms with Crippen LogP contribution in [-0.4, -0.2) is 18.3 Å². The van der Waals surface area contributed by atoms with Gasteiger partial charge < -0.3 is 0 Å². The highest BCUT2D eigenvalue weighted by Crippen LogP contribution is 2.07. The van der Waals surface area contributed by atoms with Crippen LogP contribution in [0.1, 0.15) is 6.92 Å². The van der Waals surface area contributed by atoms with Crippen molar-refractivity contribution in [3.05, 3.63) is 11.6 Å². The first-order valence-electron chi connectivity index (χ1n) is 2.89. The highest BCUT2D eigenvalue weighted by Gasteiger charge is 1.97. The van der Waals surface area contributed by atoms with Crippen molar-refractivity contribution in [3.63, 3.8) is 0 Å². The lowest BCUT2D eigenvalue weighted by Gasteiger charge is -2.15. The highest BCUT2D eigenvalue weighted by molar-refractivity contribution is 8.06. The monoisotopic (exact) mass is 144 g/mol. The lowest BCUT2D eigenvalue weighted by Crippen LogP contribution is -2.06. The van der Waals surface area contributed by atoms with Crippen molar-refractivity contribution >= 4 is 15.7 Å². The molecular weight excluding hydrogens is 132 g/mol. The number of amidine groups is 1. The van der Waals surface area contributed by atoms with E-state index in [9.17, 15) is 0 Å². The molecule has 0 fully saturated rings. The predicted molar refractivity (Wildman–Crippen MR) is 45.3 cm³/mol. The van der Waals surface area contributed by atoms with Crippen LogP contribution in [0.4, 0.5) is 0 Å². The van der Waals surface area contributed by atoms with Gasteiger partial charge in [0.25, 0.3) is 0 Å². The average Bonchev–Trinajstić information content (AvgIpc) is 1.60. The molecule has 1 aliphatic heterocycles. The van der Waals surface area contributed by atoms with Crippen LogP contribution in [0.15, 0.2) is 21.0 Å². The number of hydrogen-bond acceptors (Lipinski definition) is 2. The summed E-state index contributed by atoms with van der Waals surface area (Å²) in [6, 6.07) is 0. The molecule has 2 nitrogen and oxygen atoms in total. The molecule has 0 bridgehead atoms. The Morgan fingerprint density at radius 1 is 1.44 bits per heavy atom. The van der Waals surface area contributed by atoms with Gasteiger partial charge in [0.15, 0.2) is 0 Å². The van der Waals surface area contributed by atoms with Gasteiger partial charge in [-0.2, -0.15) is 9.82 Å². The van der Waals surface area contributed by atoms with E-state index in [1.54, 1.807) is 0 Å². The van der Waals surface area contributed by atoms with Crippen molar-refractivity contribution in [3.8, 4) is 0 Å². The standard InChI is InChI=1S/C6H12N2S/c1-6-7-4-5-9(2,3)8-6/h4-5,9H,1-3H3. The van der Waals surface area contributed by atoms with Crippen LogP contribution in [0.5, 0.6) is 0 Å². The molecule has 0 radical (unpaired) electrons. The molecule has 0 aromatic carbocycles. The Labute approximate surface area is 56.8 Å². The molecule has 0 aromatic heterocycles. The third-order valence-corrected chi connectivity index (χ3v) is 2.76. The molecule has 0 aromatic rings. The zero-order valence-corrected chi connectivity index (χ0v) is 6.89. The van der Waals surface area contributed by atoms with E-state index in [1.807, 2.05) is 13.1 Å². The molecule has 52 valence electrons. The molecule has 0 N–H and O–H groups in total. The van der Waals surface area contributed by atoms with Crippen molar-refractivity contribution < 1.29 is 0 Å². The Morgan fingerprint density at radius 2 is 2.11 bits per heavy atom. The van der Waals surface area contributed by atoms with Gasteiger partial charge >= 0.3 is 0 Å². The van der Waals surface area contributed by atoms with Crippen molar-refractivity contribution in [1.82, 2.24) is 0 Å². The summed E-state index contributed by atoms with van der Waals surface area (Å²) in [5.74, 6) is 0.913. The average molecular weight is 144 g/mol. The fourth-order valence-corrected chi connectivity index (χ4v) is 1.99. The van der Waals surface area contributed by atoms with E-state index in [0.717, 1.165) is 5.84 Å². The maximum Gasteiger partial charge on any atom is 0.130 e. The molecule has 3 heteroatoms. The number of rotatable bonds is 0. The van der Waals surface area contributed by atoms with E-state index in [-0.39, 0.29) is 0 Å². The lowest BCUT2D eigenvalue weighted by atomic mass is 10.7. The number of thiol groups is 1. The molecule has 1 rings (SSSR count). The van der Waals surface area contributed by atoms with Gasteiger partial charge in [-0.25, -0.2) is 9.36 Å². The van der Waals surface area contributed by atoms with E-state index in [2.05, 4.69) is 27.3 Å². The number of nitrogens with zero attached hydrogens (tertiary/aromatic N) is 2. The van der Waals surface area contributed by atoms with Crippen molar-refractivity contribution in [2.75, 3.05) is 12.5 Å². The number of hydrogen-bond donors (Lipinski definition) is 1. The quantitative estimate of drug-likeness (QED) is 0.494. The van der Waals surface area contributed by atoms with Crippen LogP contribution < -0.4 is 0 Å². The van der Waals surface area contributed by atoms with Gasteiger partial charge in [0.1, 0.15) is 5.84 Å². The minimum absolute atomic E-state index is 0.913. The largest absolute Gasteiger partial charge is 0.241 e. The summed E-state index contributed by atoms with van der Waals surface area (Å²) in [4.78, 5) is 4.02. The molecule has 0 saturated heterocycles. The van der Waals surface area contributed by atoms with Crippen LogP contribution >= 0.6 is 0 Å². The first-order chi connectivity index (χ1) is 4.10. The van der Waals surface area contributed by atoms with Crippen LogP contribution in [-0.2, 0) is 9.82 Å². The van der Waals surface area contributed by atoms with Gasteiger partial charge in [-0.05, 0) is 24.8 Å². The fourth-order valence-electron chi connectivity index (χ4n) is 0.737. The number of aliphatic imine (C=N–C) groups is 1. The van der Waals surface area contributed by atoms with Gasteiger partial charge in [-0.1, -0.05) is 0 Å². The van der Waals surface area contributed by atoms with E-state index in [4.69, 9.17) is 0 Å². The summed E-state index contributed by atoms with van der Waals surface area (Å²) >= 11 is 0. The van der Waals surface area contributed by atoms with Crippen LogP contribution in [0.3, 0.4) is 0 Å². The predicted octanol–water partition coefficient (Wildman–Crippen LogP) is 1.22. The van der Waals surface area contributed by atoms with Gasteiger partial charge in [-0.15, -0.1) is 0 Å². The first kappa shape index (κ1) is 6.68. The SMILES string of the molecule is CC1=NC=C[SH](C)(C)=N1. The maximum absolute atomic E-state index is 4.39. The van der Waals surface area contributed by atoms with Crippen LogP contribution in [0.25, 0.3) is 0 Å². The zero-order chi connectivity index (χ0) is 6.91. The van der Waals surface area contributed by atoms with Crippen LogP contribution in [0, 0.1) is 0 Å². The molecule has 0 spiro atoms. The Bertz CT molecular complexity index is 219. The lowest BCUT2D eigenvalue weighted by molar-refractivity contribution is 1.46. The van der Waals surface area contributed by atoms with Crippen LogP contribution in [0.2, 0.25) is 0 Å². The Hall–Kier alpha value is -0.440. The minimum Gasteiger partial charge on any atom is -0.241 e. The first-order valence-corrected chi connectivity index (χ1v) is 5.60. The third kappa shape index (κ3) is 1.75. The summed E-state index contributed by atoms with van der Waals surface area (Å²) in [6.45, 7) is 1.94. The van der Waals surface area contributed by atoms with E-state index < -0.39 is 9.82 Å². The second-order valence-corrected chi connectivity index (χ2v) is 6.01. The Kier molecular flexibility index (Phi) is 1.53. The highest BCUT2D eigenvalue weighted by atomic mass is 32.2. The topological polar surface area (TPSA) is 24.7 Å². The zero-order valence-electron chi connectivity index (χ0n) is 6.00. The Balaban J connectivity index is 3.06. The molecule has 0 saturated carbocycles. The normalized spacial score (nSPS) is 26.3.